The number of nitrogens with one attached hydrogen (secondary N) is 1. The number of carbonyl (C=O) groups is 1. The van der Waals surface area contributed by atoms with E-state index in [1.807, 2.05) is 24.3 Å². The Morgan fingerprint density at radius 3 is 2.30 bits per heavy atom. The normalized spacial score (nSPS) is 17.6. The van der Waals surface area contributed by atoms with Gasteiger partial charge in [0.1, 0.15) is 12.2 Å². The fourth-order valence-corrected chi connectivity index (χ4v) is 4.86. The number of benzene rings is 2. The lowest BCUT2D eigenvalue weighted by atomic mass is 10.0. The Labute approximate surface area is 217 Å². The molecule has 2 aromatic carbocycles. The van der Waals surface area contributed by atoms with Crippen molar-refractivity contribution in [2.45, 2.75) is 44.0 Å². The lowest BCUT2D eigenvalue weighted by Crippen LogP contribution is -2.45. The number of halogens is 4. The number of anilines is 2. The second-order valence-electron chi connectivity index (χ2n) is 9.26. The molecule has 37 heavy (non-hydrogen) atoms. The van der Waals surface area contributed by atoms with Crippen molar-refractivity contribution in [3.63, 3.8) is 0 Å². The number of nitro groups is 1. The van der Waals surface area contributed by atoms with Crippen LogP contribution in [0.3, 0.4) is 0 Å². The van der Waals surface area contributed by atoms with E-state index in [0.29, 0.717) is 31.0 Å². The van der Waals surface area contributed by atoms with Gasteiger partial charge in [0.25, 0.3) is 5.69 Å². The third kappa shape index (κ3) is 7.04. The number of amides is 1. The molecule has 2 aliphatic heterocycles. The van der Waals surface area contributed by atoms with E-state index in [9.17, 15) is 28.1 Å². The lowest BCUT2D eigenvalue weighted by Gasteiger charge is -2.35. The van der Waals surface area contributed by atoms with Crippen LogP contribution in [0.25, 0.3) is 0 Å². The van der Waals surface area contributed by atoms with Crippen LogP contribution in [-0.4, -0.2) is 60.7 Å². The molecule has 4 rings (SSSR count). The number of hydrogen-bond acceptors (Lipinski definition) is 6. The van der Waals surface area contributed by atoms with E-state index in [1.54, 1.807) is 4.90 Å². The number of ether oxygens (including phenoxy) is 1. The van der Waals surface area contributed by atoms with Gasteiger partial charge in [0, 0.05) is 54.7 Å². The highest BCUT2D eigenvalue weighted by molar-refractivity contribution is 6.30. The molecule has 0 spiro atoms. The summed E-state index contributed by atoms with van der Waals surface area (Å²) in [7, 11) is 0. The number of nitro benzene ring substituents is 1. The number of rotatable bonds is 7. The maximum absolute atomic E-state index is 13.2. The average molecular weight is 541 g/mol. The first-order valence-corrected chi connectivity index (χ1v) is 12.5. The Morgan fingerprint density at radius 1 is 1.05 bits per heavy atom. The molecule has 0 aromatic heterocycles. The van der Waals surface area contributed by atoms with Crippen LogP contribution < -0.4 is 10.2 Å². The van der Waals surface area contributed by atoms with Gasteiger partial charge in [0.15, 0.2) is 0 Å². The number of nitrogens with zero attached hydrogens (tertiary/aromatic N) is 3. The Bertz CT molecular complexity index is 1100. The van der Waals surface area contributed by atoms with Crippen molar-refractivity contribution in [1.82, 2.24) is 4.90 Å². The Kier molecular flexibility index (Phi) is 8.43. The first-order valence-electron chi connectivity index (χ1n) is 12.1. The standard InChI is InChI=1S/C25H28ClF3N4O4/c26-17-1-4-20(5-2-17)31-13-9-21(10-14-31)37-16-24(34)32-11-7-18(8-12-32)30-19-3-6-23(33(35)36)22(15-19)25(27,28)29/h1-6,15,18,21,30H,7-14,16H2. The minimum Gasteiger partial charge on any atom is -0.382 e. The molecular weight excluding hydrogens is 513 g/mol. The van der Waals surface area contributed by atoms with Crippen molar-refractivity contribution in [2.75, 3.05) is 43.0 Å². The lowest BCUT2D eigenvalue weighted by molar-refractivity contribution is -0.388. The van der Waals surface area contributed by atoms with Crippen LogP contribution in [0.4, 0.5) is 30.2 Å². The van der Waals surface area contributed by atoms with E-state index in [2.05, 4.69) is 10.2 Å². The van der Waals surface area contributed by atoms with Gasteiger partial charge in [-0.1, -0.05) is 11.6 Å². The molecule has 0 radical (unpaired) electrons. The third-order valence-electron chi connectivity index (χ3n) is 6.79. The summed E-state index contributed by atoms with van der Waals surface area (Å²) in [5, 5.41) is 14.7. The van der Waals surface area contributed by atoms with E-state index in [1.165, 1.54) is 6.07 Å². The SMILES string of the molecule is O=C(COC1CCN(c2ccc(Cl)cc2)CC1)N1CCC(Nc2ccc([N+](=O)[O-])c(C(F)(F)F)c2)CC1. The van der Waals surface area contributed by atoms with E-state index in [4.69, 9.17) is 16.3 Å². The summed E-state index contributed by atoms with van der Waals surface area (Å²) in [6.45, 7) is 2.56. The summed E-state index contributed by atoms with van der Waals surface area (Å²) in [6.07, 6.45) is -2.10. The predicted octanol–water partition coefficient (Wildman–Crippen LogP) is 5.36. The number of alkyl halides is 3. The zero-order chi connectivity index (χ0) is 26.6. The Balaban J connectivity index is 1.20. The monoisotopic (exact) mass is 540 g/mol. The van der Waals surface area contributed by atoms with Crippen LogP contribution in [0.5, 0.6) is 0 Å². The van der Waals surface area contributed by atoms with Gasteiger partial charge in [-0.2, -0.15) is 13.2 Å². The highest BCUT2D eigenvalue weighted by atomic mass is 35.5. The minimum atomic E-state index is -4.83. The molecule has 200 valence electrons. The van der Waals surface area contributed by atoms with Gasteiger partial charge in [-0.15, -0.1) is 0 Å². The van der Waals surface area contributed by atoms with E-state index >= 15 is 0 Å². The topological polar surface area (TPSA) is 88.0 Å². The molecule has 2 aliphatic rings. The third-order valence-corrected chi connectivity index (χ3v) is 7.05. The van der Waals surface area contributed by atoms with Gasteiger partial charge in [-0.25, -0.2) is 0 Å². The number of carbonyl (C=O) groups excluding carboxylic acids is 1. The van der Waals surface area contributed by atoms with Gasteiger partial charge < -0.3 is 19.9 Å². The van der Waals surface area contributed by atoms with Crippen LogP contribution >= 0.6 is 11.6 Å². The van der Waals surface area contributed by atoms with Crippen LogP contribution in [0.15, 0.2) is 42.5 Å². The number of hydrogen-bond donors (Lipinski definition) is 1. The molecule has 1 amide bonds. The molecule has 0 bridgehead atoms. The molecule has 1 N–H and O–H groups in total. The zero-order valence-electron chi connectivity index (χ0n) is 20.0. The minimum absolute atomic E-state index is 0.000994. The van der Waals surface area contributed by atoms with Gasteiger partial charge in [0.2, 0.25) is 5.91 Å². The molecule has 2 saturated heterocycles. The molecular formula is C25H28ClF3N4O4. The van der Waals surface area contributed by atoms with Crippen molar-refractivity contribution in [1.29, 1.82) is 0 Å². The van der Waals surface area contributed by atoms with Crippen molar-refractivity contribution in [3.05, 3.63) is 63.2 Å². The van der Waals surface area contributed by atoms with Gasteiger partial charge in [-0.3, -0.25) is 14.9 Å². The van der Waals surface area contributed by atoms with Crippen LogP contribution in [0.1, 0.15) is 31.2 Å². The predicted molar refractivity (Wildman–Crippen MR) is 134 cm³/mol. The van der Waals surface area contributed by atoms with Gasteiger partial charge in [-0.05, 0) is 62.1 Å². The van der Waals surface area contributed by atoms with Gasteiger partial charge in [0.05, 0.1) is 11.0 Å². The average Bonchev–Trinajstić information content (AvgIpc) is 2.88. The first-order chi connectivity index (χ1) is 17.6. The molecule has 0 unspecified atom stereocenters. The maximum Gasteiger partial charge on any atom is 0.423 e. The first kappa shape index (κ1) is 27.0. The van der Waals surface area contributed by atoms with Crippen LogP contribution in [0.2, 0.25) is 5.02 Å². The fourth-order valence-electron chi connectivity index (χ4n) is 4.73. The summed E-state index contributed by atoms with van der Waals surface area (Å²) in [5.41, 5.74) is -0.991. The summed E-state index contributed by atoms with van der Waals surface area (Å²) in [5.74, 6) is -0.103. The molecule has 2 aromatic rings. The van der Waals surface area contributed by atoms with E-state index in [-0.39, 0.29) is 30.3 Å². The summed E-state index contributed by atoms with van der Waals surface area (Å²) in [4.78, 5) is 26.5. The smallest absolute Gasteiger partial charge is 0.382 e. The van der Waals surface area contributed by atoms with Crippen LogP contribution in [0, 0.1) is 10.1 Å². The maximum atomic E-state index is 13.2. The second kappa shape index (κ2) is 11.6. The zero-order valence-corrected chi connectivity index (χ0v) is 20.8. The highest BCUT2D eigenvalue weighted by Gasteiger charge is 2.38. The highest BCUT2D eigenvalue weighted by Crippen LogP contribution is 2.38. The molecule has 12 heteroatoms. The summed E-state index contributed by atoms with van der Waals surface area (Å²) in [6, 6.07) is 10.5. The van der Waals surface area contributed by atoms with Crippen LogP contribution in [-0.2, 0) is 15.7 Å². The fraction of sp³-hybridized carbons (Fsp3) is 0.480. The number of piperidine rings is 2. The van der Waals surface area contributed by atoms with Crippen molar-refractivity contribution in [2.24, 2.45) is 0 Å². The molecule has 2 fully saturated rings. The van der Waals surface area contributed by atoms with E-state index < -0.39 is 22.4 Å². The van der Waals surface area contributed by atoms with Crippen molar-refractivity contribution in [3.8, 4) is 0 Å². The molecule has 0 saturated carbocycles. The van der Waals surface area contributed by atoms with E-state index in [0.717, 1.165) is 43.8 Å². The second-order valence-corrected chi connectivity index (χ2v) is 9.70. The van der Waals surface area contributed by atoms with Gasteiger partial charge >= 0.3 is 6.18 Å². The Morgan fingerprint density at radius 2 is 1.70 bits per heavy atom. The number of likely N-dealkylation sites (tertiary alicyclic amines) is 1. The van der Waals surface area contributed by atoms with Crippen molar-refractivity contribution < 1.29 is 27.6 Å². The molecule has 2 heterocycles. The summed E-state index contributed by atoms with van der Waals surface area (Å²) >= 11 is 5.95. The largest absolute Gasteiger partial charge is 0.423 e. The molecule has 0 aliphatic carbocycles. The quantitative estimate of drug-likeness (QED) is 0.376. The molecule has 8 nitrogen and oxygen atoms in total. The molecule has 0 atom stereocenters. The Hall–Kier alpha value is -3.05. The summed E-state index contributed by atoms with van der Waals surface area (Å²) < 4.78 is 45.6. The van der Waals surface area contributed by atoms with Crippen molar-refractivity contribution >= 4 is 34.6 Å².